The van der Waals surface area contributed by atoms with Gasteiger partial charge in [-0.25, -0.2) is 4.79 Å². The molecular formula is C79H96N2O11. The number of ketones is 1. The number of aliphatic hydroxyl groups excluding tert-OH is 3. The lowest BCUT2D eigenvalue weighted by molar-refractivity contribution is -0.320. The van der Waals surface area contributed by atoms with Gasteiger partial charge in [-0.15, -0.1) is 0 Å². The molecule has 4 N–H and O–H groups in total. The van der Waals surface area contributed by atoms with Crippen molar-refractivity contribution in [2.75, 3.05) is 26.4 Å². The first-order chi connectivity index (χ1) is 44.7. The predicted octanol–water partition coefficient (Wildman–Crippen LogP) is 10.3. The Hall–Kier alpha value is -4.29. The van der Waals surface area contributed by atoms with Crippen LogP contribution in [0, 0.1) is 140 Å². The largest absolute Gasteiger partial charge is 0.469 e. The van der Waals surface area contributed by atoms with Crippen molar-refractivity contribution in [2.24, 2.45) is 128 Å². The number of ether oxygens (including phenoxy) is 4. The summed E-state index contributed by atoms with van der Waals surface area (Å²) in [5.74, 6) is 7.81. The number of hydrogen-bond donors (Lipinski definition) is 4. The molecule has 12 aliphatic carbocycles. The van der Waals surface area contributed by atoms with E-state index in [4.69, 9.17) is 23.4 Å². The van der Waals surface area contributed by atoms with Gasteiger partial charge < -0.3 is 43.6 Å². The van der Waals surface area contributed by atoms with Gasteiger partial charge in [0.05, 0.1) is 54.4 Å². The number of benzene rings is 1. The Morgan fingerprint density at radius 1 is 0.859 bits per heavy atom. The highest BCUT2D eigenvalue weighted by Crippen LogP contribution is 2.92. The highest BCUT2D eigenvalue weighted by molar-refractivity contribution is 5.94. The summed E-state index contributed by atoms with van der Waals surface area (Å²) in [5.41, 5.74) is -4.79. The van der Waals surface area contributed by atoms with Crippen LogP contribution in [0.5, 0.6) is 0 Å². The molecule has 15 fully saturated rings. The maximum atomic E-state index is 18.1. The number of allylic oxidation sites excluding steroid dienone is 1. The number of esters is 2. The van der Waals surface area contributed by atoms with E-state index in [9.17, 15) is 10.2 Å². The second-order valence-corrected chi connectivity index (χ2v) is 35.5. The van der Waals surface area contributed by atoms with Crippen molar-refractivity contribution in [3.63, 3.8) is 0 Å². The second kappa shape index (κ2) is 18.7. The van der Waals surface area contributed by atoms with E-state index in [-0.39, 0.29) is 77.7 Å². The van der Waals surface area contributed by atoms with E-state index in [1.807, 2.05) is 6.26 Å². The zero-order chi connectivity index (χ0) is 61.6. The lowest BCUT2D eigenvalue weighted by Gasteiger charge is -2.74. The van der Waals surface area contributed by atoms with Crippen molar-refractivity contribution >= 4 is 17.7 Å². The third kappa shape index (κ3) is 6.21. The number of carbonyl (C=O) groups is 3. The number of aryl methyl sites for hydroxylation is 1. The molecule has 488 valence electrons. The molecule has 13 nitrogen and oxygen atoms in total. The molecular weight excluding hydrogens is 1150 g/mol. The smallest absolute Gasteiger partial charge is 0.339 e. The Kier molecular flexibility index (Phi) is 11.5. The molecule has 30 unspecified atom stereocenters. The molecule has 1 aromatic heterocycles. The number of rotatable bonds is 7. The molecule has 1 aromatic carbocycles. The summed E-state index contributed by atoms with van der Waals surface area (Å²) in [7, 11) is 0. The first-order valence-corrected chi connectivity index (χ1v) is 37.5. The van der Waals surface area contributed by atoms with Gasteiger partial charge in [0.2, 0.25) is 0 Å². The number of Topliss-reactive ketones (excluding diaryl/α,β-unsaturated/α-hetero) is 1. The third-order valence-corrected chi connectivity index (χ3v) is 33.6. The van der Waals surface area contributed by atoms with Crippen molar-refractivity contribution < 1.29 is 53.1 Å². The van der Waals surface area contributed by atoms with Crippen LogP contribution in [0.2, 0.25) is 0 Å². The summed E-state index contributed by atoms with van der Waals surface area (Å²) in [5, 5.41) is 42.4. The van der Waals surface area contributed by atoms with Crippen LogP contribution in [0.15, 0.2) is 64.9 Å². The predicted molar refractivity (Wildman–Crippen MR) is 337 cm³/mol. The number of cyclic esters (lactones) is 1. The molecule has 0 radical (unpaired) electrons. The van der Waals surface area contributed by atoms with E-state index < -0.39 is 92.0 Å². The zero-order valence-electron chi connectivity index (χ0n) is 54.2. The molecule has 10 saturated carbocycles. The zero-order valence-corrected chi connectivity index (χ0v) is 54.2. The topological polar surface area (TPSA) is 181 Å². The molecule has 5 saturated heterocycles. The molecule has 0 amide bonds. The number of epoxide rings is 1. The minimum Gasteiger partial charge on any atom is -0.469 e. The maximum Gasteiger partial charge on any atom is 0.339 e. The van der Waals surface area contributed by atoms with E-state index >= 15 is 19.5 Å². The van der Waals surface area contributed by atoms with Crippen molar-refractivity contribution in [1.82, 2.24) is 10.2 Å². The van der Waals surface area contributed by atoms with Crippen LogP contribution in [0.1, 0.15) is 171 Å². The number of nitrogens with one attached hydrogen (secondary N) is 1. The summed E-state index contributed by atoms with van der Waals surface area (Å²) in [6.07, 6.45) is 27.4. The summed E-state index contributed by atoms with van der Waals surface area (Å²) in [6.45, 7) is 6.46. The first-order valence-electron chi connectivity index (χ1n) is 37.5. The molecule has 30 atom stereocenters. The normalized spacial score (nSPS) is 54.6. The maximum absolute atomic E-state index is 18.1. The van der Waals surface area contributed by atoms with Crippen LogP contribution in [-0.4, -0.2) is 106 Å². The van der Waals surface area contributed by atoms with Crippen molar-refractivity contribution in [3.8, 4) is 11.8 Å². The first kappa shape index (κ1) is 56.8. The fraction of sp³-hybridized carbons (Fsp3) is 0.759. The number of hydrogen-bond acceptors (Lipinski definition) is 13. The lowest BCUT2D eigenvalue weighted by atomic mass is 9.28. The van der Waals surface area contributed by atoms with Crippen LogP contribution < -0.4 is 5.32 Å². The minimum absolute atomic E-state index is 0.0479. The van der Waals surface area contributed by atoms with E-state index in [1.165, 1.54) is 36.8 Å². The molecule has 21 rings (SSSR count). The Balaban J connectivity index is 0.798. The monoisotopic (exact) mass is 1250 g/mol. The number of nitrogens with zero attached hydrogens (tertiary/aromatic N) is 1. The van der Waals surface area contributed by atoms with Gasteiger partial charge in [0, 0.05) is 47.2 Å². The number of aliphatic hydroxyl groups is 3. The minimum atomic E-state index is -1.55. The van der Waals surface area contributed by atoms with E-state index in [0.717, 1.165) is 120 Å². The SMILES string of the molecule is CC1C2CCCC2CCC12CCCC13OC45C(=CC21)CC1CCCC12CC1CC6(C)C78OC(=O)C9OC96C6(C(O)C(=O)C3C4(COC(=O)C25)C16)C1CC(Cc2ccccc2)CCC1C#CC7CCc1coc(CC(C(O)CO)C2CCC3C(C=CN4CNCC34)C2)c18. The summed E-state index contributed by atoms with van der Waals surface area (Å²) >= 11 is 0. The van der Waals surface area contributed by atoms with Gasteiger partial charge in [-0.3, -0.25) is 14.9 Å². The van der Waals surface area contributed by atoms with Gasteiger partial charge in [0.25, 0.3) is 0 Å². The van der Waals surface area contributed by atoms with Gasteiger partial charge in [0.15, 0.2) is 17.5 Å². The molecule has 2 aromatic rings. The standard InChI is InChI=1S/C79H96N2O11/c1-42-54-13-6-11-45(54)22-27-72(42)25-8-26-75-61(72)33-53-32-52-12-7-24-73(52)36-50-35-71(2)77-51(20-17-49-39-88-60(62(49)77)34-56(59(83)38-82)47-18-21-55-48(31-47)23-28-81-41-80-37-58(55)81)19-16-46-15-14-44(29-43-9-4-3-5-10-43)30-57(46)76(79(71)68(90-79)70(87)91-77)64(50)74(65(75)63(84)67(76)85)40-89-69(86)66(73)78(53,74)92-75/h3-5,9-10,23,28,33,39,42,44-48,50-52,54-59,61,64-68,80,82-83,85H,6-8,11-15,17-18,20-22,24-27,29-32,34-38,40-41H2,1-2H3. The molecule has 19 aliphatic rings. The Labute approximate surface area is 542 Å². The highest BCUT2D eigenvalue weighted by Gasteiger charge is 3.01. The number of carbonyl (C=O) groups excluding carboxylic acids is 3. The van der Waals surface area contributed by atoms with Gasteiger partial charge >= 0.3 is 11.9 Å². The van der Waals surface area contributed by atoms with Crippen molar-refractivity contribution in [3.05, 3.63) is 83.0 Å². The van der Waals surface area contributed by atoms with E-state index in [1.54, 1.807) is 0 Å². The molecule has 8 heterocycles. The number of fused-ring (bicyclic) bond motifs is 7. The highest BCUT2D eigenvalue weighted by atomic mass is 16.7. The summed E-state index contributed by atoms with van der Waals surface area (Å²) in [4.78, 5) is 53.3. The van der Waals surface area contributed by atoms with Gasteiger partial charge in [0.1, 0.15) is 29.7 Å². The van der Waals surface area contributed by atoms with E-state index in [0.29, 0.717) is 74.0 Å². The van der Waals surface area contributed by atoms with Crippen molar-refractivity contribution in [2.45, 2.75) is 215 Å². The average Bonchev–Trinajstić information content (AvgIpc) is 1.41. The third-order valence-electron chi connectivity index (χ3n) is 33.6. The van der Waals surface area contributed by atoms with E-state index in [2.05, 4.69) is 84.6 Å². The molecule has 92 heavy (non-hydrogen) atoms. The Bertz CT molecular complexity index is 3660. The fourth-order valence-electron chi connectivity index (χ4n) is 31.1. The number of furan rings is 1. The summed E-state index contributed by atoms with van der Waals surface area (Å²) in [6, 6.07) is 11.3. The van der Waals surface area contributed by atoms with Gasteiger partial charge in [-0.1, -0.05) is 87.4 Å². The van der Waals surface area contributed by atoms with Crippen molar-refractivity contribution in [1.29, 1.82) is 0 Å². The van der Waals surface area contributed by atoms with Crippen LogP contribution in [-0.2, 0) is 58.2 Å². The summed E-state index contributed by atoms with van der Waals surface area (Å²) < 4.78 is 38.8. The molecule has 13 heteroatoms. The van der Waals surface area contributed by atoms with Crippen LogP contribution in [0.4, 0.5) is 0 Å². The average molecular weight is 1250 g/mol. The van der Waals surface area contributed by atoms with Crippen LogP contribution >= 0.6 is 0 Å². The fourth-order valence-corrected chi connectivity index (χ4v) is 31.1. The van der Waals surface area contributed by atoms with Crippen LogP contribution in [0.25, 0.3) is 0 Å². The molecule has 9 bridgehead atoms. The van der Waals surface area contributed by atoms with Gasteiger partial charge in [-0.2, -0.15) is 0 Å². The molecule has 8 spiro atoms. The molecule has 7 aliphatic heterocycles. The van der Waals surface area contributed by atoms with Crippen LogP contribution in [0.3, 0.4) is 0 Å². The quantitative estimate of drug-likeness (QED) is 0.0891. The van der Waals surface area contributed by atoms with Gasteiger partial charge in [-0.05, 0) is 233 Å². The lowest BCUT2D eigenvalue weighted by Crippen LogP contribution is -2.84. The second-order valence-electron chi connectivity index (χ2n) is 35.5. The Morgan fingerprint density at radius 2 is 1.74 bits per heavy atom. The Morgan fingerprint density at radius 3 is 2.62 bits per heavy atom.